The van der Waals surface area contributed by atoms with E-state index in [9.17, 15) is 4.79 Å². The highest BCUT2D eigenvalue weighted by Gasteiger charge is 2.09. The highest BCUT2D eigenvalue weighted by atomic mass is 16.5. The second-order valence-corrected chi connectivity index (χ2v) is 3.27. The minimum atomic E-state index is -0.430. The largest absolute Gasteiger partial charge is 0.494 e. The summed E-state index contributed by atoms with van der Waals surface area (Å²) >= 11 is 0. The number of rotatable bonds is 5. The van der Waals surface area contributed by atoms with Crippen LogP contribution in [0.25, 0.3) is 0 Å². The van der Waals surface area contributed by atoms with E-state index in [0.29, 0.717) is 12.2 Å². The molecule has 4 heteroatoms. The first-order valence-electron chi connectivity index (χ1n) is 5.20. The van der Waals surface area contributed by atoms with Crippen LogP contribution in [0.2, 0.25) is 0 Å². The Morgan fingerprint density at radius 2 is 2.19 bits per heavy atom. The Balaban J connectivity index is 2.76. The molecule has 0 aliphatic carbocycles. The molecule has 16 heavy (non-hydrogen) atoms. The summed E-state index contributed by atoms with van der Waals surface area (Å²) in [5, 5.41) is 8.53. The maximum atomic E-state index is 11.5. The van der Waals surface area contributed by atoms with Crippen molar-refractivity contribution in [2.45, 2.75) is 13.8 Å². The SMILES string of the molecule is CCOc1ccc(C(=O)OCCO)cc1C. The lowest BCUT2D eigenvalue weighted by Gasteiger charge is -2.08. The summed E-state index contributed by atoms with van der Waals surface area (Å²) in [7, 11) is 0. The molecule has 1 aromatic carbocycles. The van der Waals surface area contributed by atoms with Crippen molar-refractivity contribution in [2.75, 3.05) is 19.8 Å². The van der Waals surface area contributed by atoms with Gasteiger partial charge in [-0.15, -0.1) is 0 Å². The molecule has 0 bridgehead atoms. The molecule has 0 atom stereocenters. The van der Waals surface area contributed by atoms with Gasteiger partial charge in [-0.2, -0.15) is 0 Å². The van der Waals surface area contributed by atoms with Gasteiger partial charge in [0, 0.05) is 0 Å². The number of carbonyl (C=O) groups is 1. The summed E-state index contributed by atoms with van der Waals surface area (Å²) < 4.78 is 10.2. The monoisotopic (exact) mass is 224 g/mol. The quantitative estimate of drug-likeness (QED) is 0.771. The highest BCUT2D eigenvalue weighted by molar-refractivity contribution is 5.89. The van der Waals surface area contributed by atoms with Crippen LogP contribution in [0.15, 0.2) is 18.2 Å². The molecule has 1 rings (SSSR count). The first-order valence-corrected chi connectivity index (χ1v) is 5.20. The summed E-state index contributed by atoms with van der Waals surface area (Å²) in [6.45, 7) is 4.22. The lowest BCUT2D eigenvalue weighted by atomic mass is 10.1. The average Bonchev–Trinajstić information content (AvgIpc) is 2.29. The molecular weight excluding hydrogens is 208 g/mol. The second kappa shape index (κ2) is 6.12. The molecule has 88 valence electrons. The van der Waals surface area contributed by atoms with Crippen LogP contribution in [-0.2, 0) is 4.74 Å². The fourth-order valence-corrected chi connectivity index (χ4v) is 1.32. The number of hydrogen-bond donors (Lipinski definition) is 1. The van der Waals surface area contributed by atoms with Crippen LogP contribution in [0.3, 0.4) is 0 Å². The Morgan fingerprint density at radius 3 is 2.75 bits per heavy atom. The van der Waals surface area contributed by atoms with Crippen molar-refractivity contribution in [1.29, 1.82) is 0 Å². The van der Waals surface area contributed by atoms with Crippen molar-refractivity contribution < 1.29 is 19.4 Å². The van der Waals surface area contributed by atoms with Crippen molar-refractivity contribution in [2.24, 2.45) is 0 Å². The van der Waals surface area contributed by atoms with E-state index in [4.69, 9.17) is 14.6 Å². The summed E-state index contributed by atoms with van der Waals surface area (Å²) in [4.78, 5) is 11.5. The van der Waals surface area contributed by atoms with Crippen LogP contribution in [-0.4, -0.2) is 30.9 Å². The van der Waals surface area contributed by atoms with Gasteiger partial charge in [-0.25, -0.2) is 4.79 Å². The number of aliphatic hydroxyl groups is 1. The zero-order chi connectivity index (χ0) is 12.0. The van der Waals surface area contributed by atoms with E-state index in [1.807, 2.05) is 13.8 Å². The van der Waals surface area contributed by atoms with Gasteiger partial charge in [0.1, 0.15) is 12.4 Å². The molecule has 0 unspecified atom stereocenters. The number of carbonyl (C=O) groups excluding carboxylic acids is 1. The Hall–Kier alpha value is -1.55. The number of benzene rings is 1. The lowest BCUT2D eigenvalue weighted by Crippen LogP contribution is -2.09. The van der Waals surface area contributed by atoms with Crippen LogP contribution < -0.4 is 4.74 Å². The number of esters is 1. The van der Waals surface area contributed by atoms with E-state index in [1.165, 1.54) is 0 Å². The highest BCUT2D eigenvalue weighted by Crippen LogP contribution is 2.19. The summed E-state index contributed by atoms with van der Waals surface area (Å²) in [6.07, 6.45) is 0. The molecule has 0 aliphatic rings. The van der Waals surface area contributed by atoms with Crippen LogP contribution >= 0.6 is 0 Å². The van der Waals surface area contributed by atoms with Crippen molar-refractivity contribution in [3.05, 3.63) is 29.3 Å². The molecule has 0 heterocycles. The predicted octanol–water partition coefficient (Wildman–Crippen LogP) is 1.54. The molecule has 0 saturated carbocycles. The van der Waals surface area contributed by atoms with Gasteiger partial charge in [0.25, 0.3) is 0 Å². The van der Waals surface area contributed by atoms with Crippen molar-refractivity contribution in [3.8, 4) is 5.75 Å². The number of aliphatic hydroxyl groups excluding tert-OH is 1. The number of ether oxygens (including phenoxy) is 2. The maximum absolute atomic E-state index is 11.5. The minimum Gasteiger partial charge on any atom is -0.494 e. The number of aryl methyl sites for hydroxylation is 1. The Labute approximate surface area is 94.8 Å². The van der Waals surface area contributed by atoms with Crippen molar-refractivity contribution in [1.82, 2.24) is 0 Å². The molecule has 1 aromatic rings. The topological polar surface area (TPSA) is 55.8 Å². The van der Waals surface area contributed by atoms with Gasteiger partial charge < -0.3 is 14.6 Å². The molecular formula is C12H16O4. The molecule has 0 spiro atoms. The molecule has 0 aromatic heterocycles. The number of hydrogen-bond acceptors (Lipinski definition) is 4. The Morgan fingerprint density at radius 1 is 1.44 bits per heavy atom. The zero-order valence-electron chi connectivity index (χ0n) is 9.53. The summed E-state index contributed by atoms with van der Waals surface area (Å²) in [6, 6.07) is 5.11. The average molecular weight is 224 g/mol. The standard InChI is InChI=1S/C12H16O4/c1-3-15-11-5-4-10(8-9(11)2)12(14)16-7-6-13/h4-5,8,13H,3,6-7H2,1-2H3. The van der Waals surface area contributed by atoms with Crippen LogP contribution in [0.4, 0.5) is 0 Å². The molecule has 0 fully saturated rings. The third-order valence-corrected chi connectivity index (χ3v) is 2.03. The Kier molecular flexibility index (Phi) is 4.79. The molecule has 4 nitrogen and oxygen atoms in total. The van der Waals surface area contributed by atoms with Gasteiger partial charge in [-0.05, 0) is 37.6 Å². The van der Waals surface area contributed by atoms with Gasteiger partial charge in [-0.1, -0.05) is 0 Å². The first-order chi connectivity index (χ1) is 7.69. The van der Waals surface area contributed by atoms with E-state index < -0.39 is 5.97 Å². The van der Waals surface area contributed by atoms with Crippen LogP contribution in [0.1, 0.15) is 22.8 Å². The summed E-state index contributed by atoms with van der Waals surface area (Å²) in [5.41, 5.74) is 1.36. The van der Waals surface area contributed by atoms with Crippen molar-refractivity contribution in [3.63, 3.8) is 0 Å². The Bertz CT molecular complexity index is 360. The zero-order valence-corrected chi connectivity index (χ0v) is 9.53. The predicted molar refractivity (Wildman–Crippen MR) is 59.7 cm³/mol. The van der Waals surface area contributed by atoms with Gasteiger partial charge in [-0.3, -0.25) is 0 Å². The molecule has 0 radical (unpaired) electrons. The van der Waals surface area contributed by atoms with E-state index in [1.54, 1.807) is 18.2 Å². The summed E-state index contributed by atoms with van der Waals surface area (Å²) in [5.74, 6) is 0.335. The fraction of sp³-hybridized carbons (Fsp3) is 0.417. The first kappa shape index (κ1) is 12.5. The molecule has 0 saturated heterocycles. The third-order valence-electron chi connectivity index (χ3n) is 2.03. The normalized spacial score (nSPS) is 9.94. The lowest BCUT2D eigenvalue weighted by molar-refractivity contribution is 0.0433. The minimum absolute atomic E-state index is 0.0189. The van der Waals surface area contributed by atoms with Gasteiger partial charge >= 0.3 is 5.97 Å². The van der Waals surface area contributed by atoms with Gasteiger partial charge in [0.2, 0.25) is 0 Å². The van der Waals surface area contributed by atoms with Gasteiger partial charge in [0.15, 0.2) is 0 Å². The van der Waals surface area contributed by atoms with E-state index >= 15 is 0 Å². The maximum Gasteiger partial charge on any atom is 0.338 e. The van der Waals surface area contributed by atoms with E-state index in [2.05, 4.69) is 0 Å². The second-order valence-electron chi connectivity index (χ2n) is 3.27. The van der Waals surface area contributed by atoms with Gasteiger partial charge in [0.05, 0.1) is 18.8 Å². The van der Waals surface area contributed by atoms with Crippen LogP contribution in [0, 0.1) is 6.92 Å². The van der Waals surface area contributed by atoms with E-state index in [-0.39, 0.29) is 13.2 Å². The third kappa shape index (κ3) is 3.24. The fourth-order valence-electron chi connectivity index (χ4n) is 1.32. The smallest absolute Gasteiger partial charge is 0.338 e. The van der Waals surface area contributed by atoms with E-state index in [0.717, 1.165) is 11.3 Å². The molecule has 0 aliphatic heterocycles. The van der Waals surface area contributed by atoms with Crippen molar-refractivity contribution >= 4 is 5.97 Å². The molecule has 0 amide bonds. The van der Waals surface area contributed by atoms with Crippen LogP contribution in [0.5, 0.6) is 5.75 Å². The molecule has 1 N–H and O–H groups in total.